The first kappa shape index (κ1) is 15.5. The van der Waals surface area contributed by atoms with Gasteiger partial charge in [-0.25, -0.2) is 4.98 Å². The molecule has 0 radical (unpaired) electrons. The van der Waals surface area contributed by atoms with Gasteiger partial charge in [0.05, 0.1) is 18.4 Å². The van der Waals surface area contributed by atoms with E-state index in [1.165, 1.54) is 0 Å². The molecular formula is C16H19NO3S. The van der Waals surface area contributed by atoms with E-state index in [0.717, 1.165) is 17.0 Å². The van der Waals surface area contributed by atoms with Gasteiger partial charge in [0.1, 0.15) is 23.1 Å². The Hall–Kier alpha value is -1.88. The van der Waals surface area contributed by atoms with Crippen molar-refractivity contribution in [3.63, 3.8) is 0 Å². The van der Waals surface area contributed by atoms with E-state index in [4.69, 9.17) is 9.47 Å². The zero-order valence-corrected chi connectivity index (χ0v) is 13.5. The topological polar surface area (TPSA) is 48.4 Å². The molecule has 0 aliphatic rings. The van der Waals surface area contributed by atoms with Crippen molar-refractivity contribution in [3.05, 3.63) is 39.8 Å². The van der Waals surface area contributed by atoms with E-state index in [2.05, 4.69) is 25.8 Å². The summed E-state index contributed by atoms with van der Waals surface area (Å²) in [7, 11) is 1.58. The Morgan fingerprint density at radius 2 is 2.10 bits per heavy atom. The lowest BCUT2D eigenvalue weighted by Crippen LogP contribution is -2.11. The first-order valence-corrected chi connectivity index (χ1v) is 7.53. The Kier molecular flexibility index (Phi) is 4.63. The van der Waals surface area contributed by atoms with Gasteiger partial charge in [0.15, 0.2) is 6.29 Å². The van der Waals surface area contributed by atoms with Crippen LogP contribution in [-0.2, 0) is 12.0 Å². The summed E-state index contributed by atoms with van der Waals surface area (Å²) in [5.41, 5.74) is 1.58. The lowest BCUT2D eigenvalue weighted by molar-refractivity contribution is 0.111. The summed E-state index contributed by atoms with van der Waals surface area (Å²) in [6, 6.07) is 5.13. The SMILES string of the molecule is COc1ccc(C=O)c(OCc2nc(C(C)(C)C)cs2)c1. The maximum atomic E-state index is 11.0. The molecule has 0 N–H and O–H groups in total. The van der Waals surface area contributed by atoms with Crippen LogP contribution in [0.5, 0.6) is 11.5 Å². The number of thiazole rings is 1. The van der Waals surface area contributed by atoms with Crippen LogP contribution in [0.15, 0.2) is 23.6 Å². The molecule has 2 rings (SSSR count). The molecule has 2 aromatic rings. The summed E-state index contributed by atoms with van der Waals surface area (Å²) in [5, 5.41) is 2.94. The molecule has 0 unspecified atom stereocenters. The highest BCUT2D eigenvalue weighted by Crippen LogP contribution is 2.27. The smallest absolute Gasteiger partial charge is 0.153 e. The van der Waals surface area contributed by atoms with Crippen LogP contribution in [0.2, 0.25) is 0 Å². The first-order chi connectivity index (χ1) is 9.94. The van der Waals surface area contributed by atoms with Gasteiger partial charge in [0, 0.05) is 16.9 Å². The Morgan fingerprint density at radius 3 is 2.67 bits per heavy atom. The first-order valence-electron chi connectivity index (χ1n) is 6.65. The summed E-state index contributed by atoms with van der Waals surface area (Å²) in [6.07, 6.45) is 0.775. The van der Waals surface area contributed by atoms with E-state index in [-0.39, 0.29) is 5.41 Å². The highest BCUT2D eigenvalue weighted by atomic mass is 32.1. The second-order valence-electron chi connectivity index (χ2n) is 5.69. The second kappa shape index (κ2) is 6.26. The zero-order valence-electron chi connectivity index (χ0n) is 12.7. The third-order valence-corrected chi connectivity index (χ3v) is 3.84. The largest absolute Gasteiger partial charge is 0.497 e. The average molecular weight is 305 g/mol. The molecule has 0 amide bonds. The van der Waals surface area contributed by atoms with Gasteiger partial charge in [0.2, 0.25) is 0 Å². The van der Waals surface area contributed by atoms with E-state index >= 15 is 0 Å². The number of hydrogen-bond acceptors (Lipinski definition) is 5. The minimum Gasteiger partial charge on any atom is -0.497 e. The standard InChI is InChI=1S/C16H19NO3S/c1-16(2,3)14-10-21-15(17-14)9-20-13-7-12(19-4)6-5-11(13)8-18/h5-8,10H,9H2,1-4H3. The molecule has 0 aliphatic carbocycles. The lowest BCUT2D eigenvalue weighted by Gasteiger charge is -2.14. The predicted molar refractivity (Wildman–Crippen MR) is 83.5 cm³/mol. The number of carbonyl (C=O) groups is 1. The monoisotopic (exact) mass is 305 g/mol. The molecule has 1 heterocycles. The Balaban J connectivity index is 2.12. The van der Waals surface area contributed by atoms with Gasteiger partial charge in [-0.15, -0.1) is 11.3 Å². The molecule has 0 bridgehead atoms. The number of benzene rings is 1. The second-order valence-corrected chi connectivity index (χ2v) is 6.63. The van der Waals surface area contributed by atoms with Crippen molar-refractivity contribution in [1.29, 1.82) is 0 Å². The molecule has 1 aromatic heterocycles. The van der Waals surface area contributed by atoms with Gasteiger partial charge in [-0.2, -0.15) is 0 Å². The van der Waals surface area contributed by atoms with E-state index in [1.54, 1.807) is 36.6 Å². The molecule has 1 aromatic carbocycles. The molecule has 0 atom stereocenters. The predicted octanol–water partition coefficient (Wildman–Crippen LogP) is 3.84. The molecule has 0 saturated heterocycles. The number of aldehydes is 1. The average Bonchev–Trinajstić information content (AvgIpc) is 2.93. The summed E-state index contributed by atoms with van der Waals surface area (Å²) in [4.78, 5) is 15.6. The van der Waals surface area contributed by atoms with Gasteiger partial charge < -0.3 is 9.47 Å². The molecular weight excluding hydrogens is 286 g/mol. The van der Waals surface area contributed by atoms with Crippen LogP contribution < -0.4 is 9.47 Å². The molecule has 0 fully saturated rings. The fourth-order valence-electron chi connectivity index (χ4n) is 1.73. The molecule has 21 heavy (non-hydrogen) atoms. The minimum atomic E-state index is 0.0265. The Morgan fingerprint density at radius 1 is 1.33 bits per heavy atom. The van der Waals surface area contributed by atoms with Crippen LogP contribution in [0.4, 0.5) is 0 Å². The molecule has 4 nitrogen and oxygen atoms in total. The van der Waals surface area contributed by atoms with Crippen molar-refractivity contribution in [1.82, 2.24) is 4.98 Å². The highest BCUT2D eigenvalue weighted by Gasteiger charge is 2.17. The molecule has 112 valence electrons. The van der Waals surface area contributed by atoms with Crippen molar-refractivity contribution in [2.24, 2.45) is 0 Å². The van der Waals surface area contributed by atoms with Crippen molar-refractivity contribution in [2.45, 2.75) is 32.8 Å². The van der Waals surface area contributed by atoms with Crippen molar-refractivity contribution >= 4 is 17.6 Å². The van der Waals surface area contributed by atoms with Crippen LogP contribution >= 0.6 is 11.3 Å². The number of methoxy groups -OCH3 is 1. The fourth-order valence-corrected chi connectivity index (χ4v) is 2.66. The van der Waals surface area contributed by atoms with Gasteiger partial charge in [-0.1, -0.05) is 20.8 Å². The van der Waals surface area contributed by atoms with Crippen LogP contribution in [0.3, 0.4) is 0 Å². The number of hydrogen-bond donors (Lipinski definition) is 0. The number of aromatic nitrogens is 1. The highest BCUT2D eigenvalue weighted by molar-refractivity contribution is 7.09. The third-order valence-electron chi connectivity index (χ3n) is 3.02. The van der Waals surface area contributed by atoms with Crippen LogP contribution in [0.25, 0.3) is 0 Å². The van der Waals surface area contributed by atoms with Crippen molar-refractivity contribution < 1.29 is 14.3 Å². The van der Waals surface area contributed by atoms with E-state index in [0.29, 0.717) is 23.7 Å². The molecule has 0 saturated carbocycles. The van der Waals surface area contributed by atoms with Gasteiger partial charge in [-0.05, 0) is 12.1 Å². The third kappa shape index (κ3) is 3.82. The van der Waals surface area contributed by atoms with Crippen molar-refractivity contribution in [3.8, 4) is 11.5 Å². The fraction of sp³-hybridized carbons (Fsp3) is 0.375. The quantitative estimate of drug-likeness (QED) is 0.787. The molecule has 0 spiro atoms. The van der Waals surface area contributed by atoms with Gasteiger partial charge in [0.25, 0.3) is 0 Å². The van der Waals surface area contributed by atoms with E-state index in [9.17, 15) is 4.79 Å². The Labute approximate surface area is 128 Å². The van der Waals surface area contributed by atoms with Gasteiger partial charge >= 0.3 is 0 Å². The number of rotatable bonds is 5. The summed E-state index contributed by atoms with van der Waals surface area (Å²) in [6.45, 7) is 6.71. The normalized spacial score (nSPS) is 11.2. The lowest BCUT2D eigenvalue weighted by atomic mass is 9.93. The van der Waals surface area contributed by atoms with Crippen LogP contribution in [0.1, 0.15) is 41.8 Å². The van der Waals surface area contributed by atoms with E-state index < -0.39 is 0 Å². The van der Waals surface area contributed by atoms with Crippen molar-refractivity contribution in [2.75, 3.05) is 7.11 Å². The maximum absolute atomic E-state index is 11.0. The maximum Gasteiger partial charge on any atom is 0.153 e. The zero-order chi connectivity index (χ0) is 15.5. The summed E-state index contributed by atoms with van der Waals surface area (Å²) >= 11 is 1.56. The molecule has 5 heteroatoms. The summed E-state index contributed by atoms with van der Waals surface area (Å²) in [5.74, 6) is 1.17. The number of carbonyl (C=O) groups excluding carboxylic acids is 1. The number of nitrogens with zero attached hydrogens (tertiary/aromatic N) is 1. The molecule has 0 aliphatic heterocycles. The Bertz CT molecular complexity index is 629. The van der Waals surface area contributed by atoms with Crippen LogP contribution in [-0.4, -0.2) is 18.4 Å². The summed E-state index contributed by atoms with van der Waals surface area (Å²) < 4.78 is 10.9. The van der Waals surface area contributed by atoms with Gasteiger partial charge in [-0.3, -0.25) is 4.79 Å². The number of ether oxygens (including phenoxy) is 2. The minimum absolute atomic E-state index is 0.0265. The van der Waals surface area contributed by atoms with Crippen LogP contribution in [0, 0.1) is 0 Å². The van der Waals surface area contributed by atoms with E-state index in [1.807, 2.05) is 5.38 Å².